The smallest absolute Gasteiger partial charge is 0.252 e. The molecule has 1 amide bonds. The van der Waals surface area contributed by atoms with Crippen LogP contribution in [-0.2, 0) is 5.41 Å². The highest BCUT2D eigenvalue weighted by Gasteiger charge is 2.43. The van der Waals surface area contributed by atoms with E-state index in [2.05, 4.69) is 41.4 Å². The van der Waals surface area contributed by atoms with Crippen LogP contribution < -0.4 is 11.1 Å². The van der Waals surface area contributed by atoms with Gasteiger partial charge >= 0.3 is 0 Å². The van der Waals surface area contributed by atoms with Gasteiger partial charge in [0, 0.05) is 23.1 Å². The van der Waals surface area contributed by atoms with Crippen molar-refractivity contribution in [1.82, 2.24) is 5.32 Å². The van der Waals surface area contributed by atoms with Crippen LogP contribution in [0.15, 0.2) is 54.6 Å². The largest absolute Gasteiger partial charge is 0.345 e. The van der Waals surface area contributed by atoms with Gasteiger partial charge in [-0.1, -0.05) is 48.4 Å². The Morgan fingerprint density at radius 2 is 1.87 bits per heavy atom. The van der Waals surface area contributed by atoms with Crippen molar-refractivity contribution in [2.45, 2.75) is 45.1 Å². The summed E-state index contributed by atoms with van der Waals surface area (Å²) in [4.78, 5) is 13.2. The van der Waals surface area contributed by atoms with E-state index in [-0.39, 0.29) is 17.4 Å². The molecule has 3 N–H and O–H groups in total. The highest BCUT2D eigenvalue weighted by molar-refractivity contribution is 5.97. The van der Waals surface area contributed by atoms with Crippen LogP contribution in [0.3, 0.4) is 0 Å². The van der Waals surface area contributed by atoms with E-state index in [1.54, 1.807) is 0 Å². The monoisotopic (exact) mass is 396 g/mol. The van der Waals surface area contributed by atoms with Crippen LogP contribution in [0.4, 0.5) is 0 Å². The van der Waals surface area contributed by atoms with Crippen molar-refractivity contribution in [1.29, 1.82) is 0 Å². The Hall–Kier alpha value is -3.09. The first-order chi connectivity index (χ1) is 14.5. The summed E-state index contributed by atoms with van der Waals surface area (Å²) in [6.07, 6.45) is 2.20. The Labute approximate surface area is 178 Å². The SMILES string of the molecule is CC#Cc1ccc([C@@H](C)NC(=O)c2cc(C3(CN)CC3)ccc2C)c2ccccc12. The first-order valence-electron chi connectivity index (χ1n) is 10.6. The molecule has 0 saturated heterocycles. The normalized spacial score (nSPS) is 15.2. The van der Waals surface area contributed by atoms with E-state index in [0.29, 0.717) is 6.54 Å². The minimum absolute atomic E-state index is 0.0452. The maximum atomic E-state index is 13.2. The molecule has 0 aliphatic heterocycles. The molecular weight excluding hydrogens is 368 g/mol. The Morgan fingerprint density at radius 1 is 1.13 bits per heavy atom. The van der Waals surface area contributed by atoms with Crippen LogP contribution in [0.1, 0.15) is 65.3 Å². The second-order valence-electron chi connectivity index (χ2n) is 8.33. The van der Waals surface area contributed by atoms with E-state index >= 15 is 0 Å². The number of carbonyl (C=O) groups excluding carboxylic acids is 1. The first-order valence-corrected chi connectivity index (χ1v) is 10.6. The molecule has 0 unspecified atom stereocenters. The van der Waals surface area contributed by atoms with Gasteiger partial charge in [0.15, 0.2) is 0 Å². The molecule has 1 atom stereocenters. The molecule has 1 aliphatic rings. The molecule has 0 bridgehead atoms. The summed E-state index contributed by atoms with van der Waals surface area (Å²) in [7, 11) is 0. The maximum Gasteiger partial charge on any atom is 0.252 e. The van der Waals surface area contributed by atoms with Crippen molar-refractivity contribution in [2.75, 3.05) is 6.54 Å². The summed E-state index contributed by atoms with van der Waals surface area (Å²) in [5.41, 5.74) is 11.1. The van der Waals surface area contributed by atoms with E-state index in [4.69, 9.17) is 5.73 Å². The molecule has 1 saturated carbocycles. The number of hydrogen-bond donors (Lipinski definition) is 2. The first kappa shape index (κ1) is 20.2. The van der Waals surface area contributed by atoms with E-state index in [1.807, 2.05) is 51.1 Å². The summed E-state index contributed by atoms with van der Waals surface area (Å²) in [5, 5.41) is 5.44. The van der Waals surface area contributed by atoms with E-state index in [0.717, 1.165) is 45.9 Å². The summed E-state index contributed by atoms with van der Waals surface area (Å²) in [6.45, 7) is 6.50. The lowest BCUT2D eigenvalue weighted by atomic mass is 9.92. The number of rotatable bonds is 5. The average Bonchev–Trinajstić information content (AvgIpc) is 3.55. The van der Waals surface area contributed by atoms with Gasteiger partial charge in [0.25, 0.3) is 5.91 Å². The Kier molecular flexibility index (Phi) is 5.37. The topological polar surface area (TPSA) is 55.1 Å². The van der Waals surface area contributed by atoms with Gasteiger partial charge in [-0.3, -0.25) is 4.79 Å². The van der Waals surface area contributed by atoms with Crippen LogP contribution in [0.2, 0.25) is 0 Å². The Balaban J connectivity index is 1.64. The number of carbonyl (C=O) groups is 1. The number of nitrogens with two attached hydrogens (primary N) is 1. The van der Waals surface area contributed by atoms with E-state index < -0.39 is 0 Å². The van der Waals surface area contributed by atoms with Crippen molar-refractivity contribution in [3.63, 3.8) is 0 Å². The van der Waals surface area contributed by atoms with Crippen molar-refractivity contribution < 1.29 is 4.79 Å². The molecule has 1 aliphatic carbocycles. The second-order valence-corrected chi connectivity index (χ2v) is 8.33. The van der Waals surface area contributed by atoms with Crippen molar-refractivity contribution in [3.8, 4) is 11.8 Å². The Morgan fingerprint density at radius 3 is 2.53 bits per heavy atom. The molecule has 3 heteroatoms. The molecule has 152 valence electrons. The maximum absolute atomic E-state index is 13.2. The zero-order valence-corrected chi connectivity index (χ0v) is 17.9. The number of benzene rings is 3. The van der Waals surface area contributed by atoms with E-state index in [9.17, 15) is 4.79 Å². The predicted octanol–water partition coefficient (Wildman–Crippen LogP) is 5.00. The van der Waals surface area contributed by atoms with E-state index in [1.165, 1.54) is 5.56 Å². The van der Waals surface area contributed by atoms with Gasteiger partial charge in [-0.05, 0) is 73.2 Å². The summed E-state index contributed by atoms with van der Waals surface area (Å²) in [6, 6.07) is 18.4. The zero-order chi connectivity index (χ0) is 21.3. The molecule has 3 nitrogen and oxygen atoms in total. The lowest BCUT2D eigenvalue weighted by Gasteiger charge is -2.20. The lowest BCUT2D eigenvalue weighted by molar-refractivity contribution is 0.0939. The van der Waals surface area contributed by atoms with Crippen molar-refractivity contribution in [3.05, 3.63) is 82.4 Å². The quantitative estimate of drug-likeness (QED) is 0.596. The fraction of sp³-hybridized carbons (Fsp3) is 0.296. The molecule has 0 radical (unpaired) electrons. The highest BCUT2D eigenvalue weighted by Crippen LogP contribution is 2.47. The molecule has 0 spiro atoms. The predicted molar refractivity (Wildman–Crippen MR) is 124 cm³/mol. The van der Waals surface area contributed by atoms with Gasteiger partial charge < -0.3 is 11.1 Å². The number of amides is 1. The second kappa shape index (κ2) is 7.97. The molecule has 30 heavy (non-hydrogen) atoms. The minimum Gasteiger partial charge on any atom is -0.345 e. The van der Waals surface area contributed by atoms with Crippen molar-refractivity contribution >= 4 is 16.7 Å². The fourth-order valence-corrected chi connectivity index (χ4v) is 4.25. The van der Waals surface area contributed by atoms with Gasteiger partial charge in [-0.25, -0.2) is 0 Å². The Bertz CT molecular complexity index is 1180. The van der Waals surface area contributed by atoms with Crippen LogP contribution in [0.5, 0.6) is 0 Å². The molecule has 3 aromatic rings. The number of hydrogen-bond acceptors (Lipinski definition) is 2. The molecule has 4 rings (SSSR count). The van der Waals surface area contributed by atoms with Crippen LogP contribution in [0, 0.1) is 18.8 Å². The van der Waals surface area contributed by atoms with Crippen LogP contribution >= 0.6 is 0 Å². The lowest BCUT2D eigenvalue weighted by Crippen LogP contribution is -2.28. The molecule has 3 aromatic carbocycles. The minimum atomic E-state index is -0.126. The van der Waals surface area contributed by atoms with Crippen molar-refractivity contribution in [2.24, 2.45) is 5.73 Å². The number of nitrogens with one attached hydrogen (secondary N) is 1. The van der Waals surface area contributed by atoms with Gasteiger partial charge in [-0.15, -0.1) is 5.92 Å². The van der Waals surface area contributed by atoms with Crippen LogP contribution in [0.25, 0.3) is 10.8 Å². The summed E-state index contributed by atoms with van der Waals surface area (Å²) >= 11 is 0. The zero-order valence-electron chi connectivity index (χ0n) is 17.9. The highest BCUT2D eigenvalue weighted by atomic mass is 16.1. The molecule has 1 fully saturated rings. The van der Waals surface area contributed by atoms with Crippen LogP contribution in [-0.4, -0.2) is 12.5 Å². The summed E-state index contributed by atoms with van der Waals surface area (Å²) < 4.78 is 0. The summed E-state index contributed by atoms with van der Waals surface area (Å²) in [5.74, 6) is 6.11. The average molecular weight is 397 g/mol. The third-order valence-corrected chi connectivity index (χ3v) is 6.37. The standard InChI is InChI=1S/C27H28N2O/c1-4-7-20-11-13-22(24-9-6-5-8-23(20)24)19(3)29-26(30)25-16-21(12-10-18(25)2)27(17-28)14-15-27/h5-6,8-13,16,19H,14-15,17,28H2,1-3H3,(H,29,30)/t19-/m1/s1. The molecular formula is C27H28N2O. The number of aryl methyl sites for hydroxylation is 1. The third-order valence-electron chi connectivity index (χ3n) is 6.37. The van der Waals surface area contributed by atoms with Gasteiger partial charge in [0.2, 0.25) is 0 Å². The van der Waals surface area contributed by atoms with Gasteiger partial charge in [0.1, 0.15) is 0 Å². The molecule has 0 heterocycles. The van der Waals surface area contributed by atoms with Gasteiger partial charge in [0.05, 0.1) is 6.04 Å². The van der Waals surface area contributed by atoms with Gasteiger partial charge in [-0.2, -0.15) is 0 Å². The fourth-order valence-electron chi connectivity index (χ4n) is 4.25. The number of fused-ring (bicyclic) bond motifs is 1. The third kappa shape index (κ3) is 3.60. The molecule has 0 aromatic heterocycles.